The molecule has 0 aromatic heterocycles. The predicted octanol–water partition coefficient (Wildman–Crippen LogP) is 2.40. The Hall–Kier alpha value is -1.30. The van der Waals surface area contributed by atoms with Crippen molar-refractivity contribution in [2.45, 2.75) is 32.9 Å². The Morgan fingerprint density at radius 2 is 1.82 bits per heavy atom. The van der Waals surface area contributed by atoms with Crippen LogP contribution in [0.3, 0.4) is 0 Å². The lowest BCUT2D eigenvalue weighted by molar-refractivity contribution is 0.172. The molecule has 0 aliphatic heterocycles. The normalized spacial score (nSPS) is 13.7. The van der Waals surface area contributed by atoms with Crippen LogP contribution in [0.2, 0.25) is 5.02 Å². The molecule has 2 unspecified atom stereocenters. The SMILES string of the molecule is CCN(CC)C(C)CNC(=O)NCC(O)c1ccccc1Cl. The number of aliphatic hydroxyl groups is 1. The van der Waals surface area contributed by atoms with Gasteiger partial charge in [0.05, 0.1) is 6.10 Å². The van der Waals surface area contributed by atoms with E-state index in [2.05, 4.69) is 36.3 Å². The summed E-state index contributed by atoms with van der Waals surface area (Å²) in [6, 6.07) is 7.05. The van der Waals surface area contributed by atoms with E-state index in [4.69, 9.17) is 11.6 Å². The monoisotopic (exact) mass is 327 g/mol. The van der Waals surface area contributed by atoms with Crippen LogP contribution >= 0.6 is 11.6 Å². The van der Waals surface area contributed by atoms with E-state index in [0.717, 1.165) is 13.1 Å². The molecule has 1 aromatic carbocycles. The fraction of sp³-hybridized carbons (Fsp3) is 0.562. The van der Waals surface area contributed by atoms with Gasteiger partial charge in [0.15, 0.2) is 0 Å². The fourth-order valence-electron chi connectivity index (χ4n) is 2.32. The third-order valence-electron chi connectivity index (χ3n) is 3.71. The van der Waals surface area contributed by atoms with Crippen LogP contribution in [0.25, 0.3) is 0 Å². The Kier molecular flexibility index (Phi) is 8.24. The van der Waals surface area contributed by atoms with Gasteiger partial charge in [0.1, 0.15) is 0 Å². The first-order valence-corrected chi connectivity index (χ1v) is 8.05. The lowest BCUT2D eigenvalue weighted by atomic mass is 10.1. The van der Waals surface area contributed by atoms with Gasteiger partial charge in [0, 0.05) is 29.7 Å². The van der Waals surface area contributed by atoms with E-state index >= 15 is 0 Å². The zero-order valence-electron chi connectivity index (χ0n) is 13.5. The summed E-state index contributed by atoms with van der Waals surface area (Å²) >= 11 is 6.01. The fourth-order valence-corrected chi connectivity index (χ4v) is 2.59. The van der Waals surface area contributed by atoms with Crippen LogP contribution in [0.4, 0.5) is 4.79 Å². The number of halogens is 1. The summed E-state index contributed by atoms with van der Waals surface area (Å²) in [5.41, 5.74) is 0.612. The van der Waals surface area contributed by atoms with E-state index in [9.17, 15) is 9.90 Å². The van der Waals surface area contributed by atoms with Gasteiger partial charge in [-0.2, -0.15) is 0 Å². The molecule has 0 saturated heterocycles. The van der Waals surface area contributed by atoms with E-state index < -0.39 is 6.10 Å². The van der Waals surface area contributed by atoms with E-state index in [-0.39, 0.29) is 18.6 Å². The van der Waals surface area contributed by atoms with Gasteiger partial charge in [-0.3, -0.25) is 4.90 Å². The Balaban J connectivity index is 2.36. The second-order valence-electron chi connectivity index (χ2n) is 5.20. The first kappa shape index (κ1) is 18.7. The summed E-state index contributed by atoms with van der Waals surface area (Å²) in [5.74, 6) is 0. The number of carbonyl (C=O) groups excluding carboxylic acids is 1. The van der Waals surface area contributed by atoms with Crippen molar-refractivity contribution >= 4 is 17.6 Å². The van der Waals surface area contributed by atoms with E-state index in [1.165, 1.54) is 0 Å². The number of urea groups is 1. The smallest absolute Gasteiger partial charge is 0.314 e. The maximum Gasteiger partial charge on any atom is 0.314 e. The van der Waals surface area contributed by atoms with Crippen molar-refractivity contribution in [2.24, 2.45) is 0 Å². The Bertz CT molecular complexity index is 466. The van der Waals surface area contributed by atoms with Gasteiger partial charge in [-0.15, -0.1) is 0 Å². The van der Waals surface area contributed by atoms with Crippen molar-refractivity contribution in [2.75, 3.05) is 26.2 Å². The quantitative estimate of drug-likeness (QED) is 0.687. The molecule has 0 aliphatic rings. The number of rotatable bonds is 8. The summed E-state index contributed by atoms with van der Waals surface area (Å²) < 4.78 is 0. The minimum Gasteiger partial charge on any atom is -0.387 e. The molecular weight excluding hydrogens is 302 g/mol. The maximum absolute atomic E-state index is 11.8. The van der Waals surface area contributed by atoms with Crippen LogP contribution in [-0.4, -0.2) is 48.3 Å². The standard InChI is InChI=1S/C16H26ClN3O2/c1-4-20(5-2)12(3)10-18-16(22)19-11-15(21)13-8-6-7-9-14(13)17/h6-9,12,15,21H,4-5,10-11H2,1-3H3,(H2,18,19,22). The van der Waals surface area contributed by atoms with Crippen molar-refractivity contribution < 1.29 is 9.90 Å². The van der Waals surface area contributed by atoms with Gasteiger partial charge in [-0.1, -0.05) is 43.6 Å². The molecule has 1 rings (SSSR count). The predicted molar refractivity (Wildman–Crippen MR) is 90.2 cm³/mol. The molecule has 5 nitrogen and oxygen atoms in total. The second kappa shape index (κ2) is 9.66. The Morgan fingerprint density at radius 3 is 2.41 bits per heavy atom. The number of benzene rings is 1. The first-order chi connectivity index (χ1) is 10.5. The lowest BCUT2D eigenvalue weighted by Crippen LogP contribution is -2.45. The third-order valence-corrected chi connectivity index (χ3v) is 4.06. The minimum atomic E-state index is -0.820. The molecular formula is C16H26ClN3O2. The zero-order valence-corrected chi connectivity index (χ0v) is 14.2. The van der Waals surface area contributed by atoms with Crippen molar-refractivity contribution in [3.05, 3.63) is 34.9 Å². The molecule has 0 bridgehead atoms. The van der Waals surface area contributed by atoms with Crippen LogP contribution < -0.4 is 10.6 Å². The number of amides is 2. The Morgan fingerprint density at radius 1 is 1.23 bits per heavy atom. The van der Waals surface area contributed by atoms with Gasteiger partial charge in [-0.05, 0) is 26.1 Å². The summed E-state index contributed by atoms with van der Waals surface area (Å²) in [4.78, 5) is 14.0. The van der Waals surface area contributed by atoms with Crippen LogP contribution in [0.15, 0.2) is 24.3 Å². The highest BCUT2D eigenvalue weighted by atomic mass is 35.5. The molecule has 0 spiro atoms. The topological polar surface area (TPSA) is 64.6 Å². The van der Waals surface area contributed by atoms with Crippen LogP contribution in [0.5, 0.6) is 0 Å². The van der Waals surface area contributed by atoms with E-state index in [1.54, 1.807) is 24.3 Å². The number of nitrogens with one attached hydrogen (secondary N) is 2. The molecule has 0 saturated carbocycles. The molecule has 6 heteroatoms. The van der Waals surface area contributed by atoms with Crippen molar-refractivity contribution in [3.8, 4) is 0 Å². The van der Waals surface area contributed by atoms with Crippen molar-refractivity contribution in [1.82, 2.24) is 15.5 Å². The highest BCUT2D eigenvalue weighted by molar-refractivity contribution is 6.31. The average molecular weight is 328 g/mol. The summed E-state index contributed by atoms with van der Waals surface area (Å²) in [6.07, 6.45) is -0.820. The largest absolute Gasteiger partial charge is 0.387 e. The molecule has 2 atom stereocenters. The van der Waals surface area contributed by atoms with Crippen LogP contribution in [0.1, 0.15) is 32.4 Å². The third kappa shape index (κ3) is 5.83. The molecule has 0 fully saturated rings. The highest BCUT2D eigenvalue weighted by Gasteiger charge is 2.14. The number of nitrogens with zero attached hydrogens (tertiary/aromatic N) is 1. The number of carbonyl (C=O) groups is 1. The van der Waals surface area contributed by atoms with Crippen LogP contribution in [-0.2, 0) is 0 Å². The second-order valence-corrected chi connectivity index (χ2v) is 5.61. The molecule has 0 aliphatic carbocycles. The van der Waals surface area contributed by atoms with Gasteiger partial charge >= 0.3 is 6.03 Å². The molecule has 3 N–H and O–H groups in total. The molecule has 1 aromatic rings. The highest BCUT2D eigenvalue weighted by Crippen LogP contribution is 2.21. The minimum absolute atomic E-state index is 0.120. The maximum atomic E-state index is 11.8. The summed E-state index contributed by atoms with van der Waals surface area (Å²) in [5, 5.41) is 16.0. The Labute approximate surface area is 137 Å². The summed E-state index contributed by atoms with van der Waals surface area (Å²) in [6.45, 7) is 8.86. The number of hydrogen-bond donors (Lipinski definition) is 3. The van der Waals surface area contributed by atoms with E-state index in [0.29, 0.717) is 17.1 Å². The van der Waals surface area contributed by atoms with Crippen molar-refractivity contribution in [3.63, 3.8) is 0 Å². The molecule has 124 valence electrons. The molecule has 2 amide bonds. The van der Waals surface area contributed by atoms with Gasteiger partial charge in [0.25, 0.3) is 0 Å². The number of hydrogen-bond acceptors (Lipinski definition) is 3. The van der Waals surface area contributed by atoms with Crippen molar-refractivity contribution in [1.29, 1.82) is 0 Å². The molecule has 22 heavy (non-hydrogen) atoms. The molecule has 0 radical (unpaired) electrons. The number of aliphatic hydroxyl groups excluding tert-OH is 1. The summed E-state index contributed by atoms with van der Waals surface area (Å²) in [7, 11) is 0. The first-order valence-electron chi connectivity index (χ1n) is 7.67. The molecule has 0 heterocycles. The lowest BCUT2D eigenvalue weighted by Gasteiger charge is -2.26. The van der Waals surface area contributed by atoms with Gasteiger partial charge in [0.2, 0.25) is 0 Å². The van der Waals surface area contributed by atoms with Gasteiger partial charge < -0.3 is 15.7 Å². The van der Waals surface area contributed by atoms with Crippen LogP contribution in [0, 0.1) is 0 Å². The van der Waals surface area contributed by atoms with E-state index in [1.807, 2.05) is 0 Å². The van der Waals surface area contributed by atoms with Gasteiger partial charge in [-0.25, -0.2) is 4.79 Å². The average Bonchev–Trinajstić information content (AvgIpc) is 2.52. The zero-order chi connectivity index (χ0) is 16.5. The number of likely N-dealkylation sites (N-methyl/N-ethyl adjacent to an activating group) is 1.